The summed E-state index contributed by atoms with van der Waals surface area (Å²) >= 11 is 13.0. The lowest BCUT2D eigenvalue weighted by molar-refractivity contribution is -0.153. The summed E-state index contributed by atoms with van der Waals surface area (Å²) in [5, 5.41) is 1.50. The smallest absolute Gasteiger partial charge is 0.310 e. The lowest BCUT2D eigenvalue weighted by Crippen LogP contribution is -2.24. The molecule has 154 valence electrons. The van der Waals surface area contributed by atoms with Crippen molar-refractivity contribution in [3.05, 3.63) is 57.2 Å². The highest BCUT2D eigenvalue weighted by Gasteiger charge is 2.18. The Labute approximate surface area is 180 Å². The molecular weight excluding hydrogens is 391 g/mol. The van der Waals surface area contributed by atoms with E-state index in [1.165, 1.54) is 11.1 Å². The molecular formula is C24H32Cl2O2. The van der Waals surface area contributed by atoms with Gasteiger partial charge in [0.1, 0.15) is 5.60 Å². The number of carbonyl (C=O) groups excluding carboxylic acids is 1. The Morgan fingerprint density at radius 3 is 2.61 bits per heavy atom. The van der Waals surface area contributed by atoms with Crippen molar-refractivity contribution in [1.82, 2.24) is 0 Å². The third-order valence-electron chi connectivity index (χ3n) is 4.80. The summed E-state index contributed by atoms with van der Waals surface area (Å²) in [5.41, 5.74) is 4.16. The molecule has 0 saturated heterocycles. The first-order chi connectivity index (χ1) is 13.1. The van der Waals surface area contributed by atoms with Crippen molar-refractivity contribution in [1.29, 1.82) is 0 Å². The van der Waals surface area contributed by atoms with Crippen LogP contribution in [0.2, 0.25) is 0 Å². The normalized spacial score (nSPS) is 21.3. The first-order valence-electron chi connectivity index (χ1n) is 10.1. The molecule has 0 bridgehead atoms. The lowest BCUT2D eigenvalue weighted by atomic mass is 9.99. The highest BCUT2D eigenvalue weighted by Crippen LogP contribution is 2.34. The maximum atomic E-state index is 12.1. The van der Waals surface area contributed by atoms with Gasteiger partial charge in [-0.1, -0.05) is 64.7 Å². The molecule has 0 aliphatic heterocycles. The molecule has 0 aromatic carbocycles. The number of halogens is 2. The molecule has 2 aliphatic carbocycles. The number of ether oxygens (including phenoxy) is 1. The molecule has 0 unspecified atom stereocenters. The second kappa shape index (κ2) is 10.5. The Kier molecular flexibility index (Phi) is 8.64. The zero-order valence-electron chi connectivity index (χ0n) is 17.4. The van der Waals surface area contributed by atoms with Gasteiger partial charge in [0, 0.05) is 22.1 Å². The molecule has 0 radical (unpaired) electrons. The van der Waals surface area contributed by atoms with Gasteiger partial charge in [-0.25, -0.2) is 0 Å². The van der Waals surface area contributed by atoms with Crippen LogP contribution in [0.3, 0.4) is 0 Å². The van der Waals surface area contributed by atoms with Gasteiger partial charge in [0.05, 0.1) is 6.42 Å². The average Bonchev–Trinajstić information content (AvgIpc) is 2.64. The van der Waals surface area contributed by atoms with E-state index in [9.17, 15) is 4.79 Å². The third-order valence-corrected chi connectivity index (χ3v) is 5.49. The largest absolute Gasteiger partial charge is 0.460 e. The number of allylic oxidation sites excluding steroid dienone is 8. The Bertz CT molecular complexity index is 730. The second-order valence-electron chi connectivity index (χ2n) is 8.68. The summed E-state index contributed by atoms with van der Waals surface area (Å²) in [6.07, 6.45) is 14.2. The summed E-state index contributed by atoms with van der Waals surface area (Å²) in [4.78, 5) is 12.1. The van der Waals surface area contributed by atoms with Gasteiger partial charge < -0.3 is 4.74 Å². The van der Waals surface area contributed by atoms with Crippen molar-refractivity contribution in [2.45, 2.75) is 84.2 Å². The molecule has 0 spiro atoms. The Morgan fingerprint density at radius 2 is 1.89 bits per heavy atom. The van der Waals surface area contributed by atoms with E-state index in [0.29, 0.717) is 12.8 Å². The zero-order chi connectivity index (χ0) is 20.7. The molecule has 28 heavy (non-hydrogen) atoms. The minimum Gasteiger partial charge on any atom is -0.460 e. The molecule has 0 atom stereocenters. The number of hydrogen-bond donors (Lipinski definition) is 0. The quantitative estimate of drug-likeness (QED) is 0.341. The third kappa shape index (κ3) is 8.01. The molecule has 2 rings (SSSR count). The van der Waals surface area contributed by atoms with Crippen LogP contribution in [0.15, 0.2) is 57.2 Å². The molecule has 0 saturated carbocycles. The first-order valence-corrected chi connectivity index (χ1v) is 10.9. The van der Waals surface area contributed by atoms with Crippen LogP contribution in [0.4, 0.5) is 0 Å². The Morgan fingerprint density at radius 1 is 1.18 bits per heavy atom. The summed E-state index contributed by atoms with van der Waals surface area (Å²) < 4.78 is 5.47. The van der Waals surface area contributed by atoms with Gasteiger partial charge in [0.25, 0.3) is 0 Å². The van der Waals surface area contributed by atoms with Crippen molar-refractivity contribution < 1.29 is 9.53 Å². The van der Waals surface area contributed by atoms with Gasteiger partial charge in [0.15, 0.2) is 0 Å². The van der Waals surface area contributed by atoms with E-state index in [1.54, 1.807) is 0 Å². The fourth-order valence-corrected chi connectivity index (χ4v) is 4.12. The van der Waals surface area contributed by atoms with E-state index in [2.05, 4.69) is 18.7 Å². The molecule has 4 heteroatoms. The number of hydrogen-bond acceptors (Lipinski definition) is 2. The number of carbonyl (C=O) groups is 1. The van der Waals surface area contributed by atoms with Crippen LogP contribution in [0.1, 0.15) is 78.6 Å². The first kappa shape index (κ1) is 23.0. The van der Waals surface area contributed by atoms with Gasteiger partial charge in [-0.2, -0.15) is 0 Å². The fourth-order valence-electron chi connectivity index (χ4n) is 3.48. The highest BCUT2D eigenvalue weighted by atomic mass is 35.5. The van der Waals surface area contributed by atoms with Crippen molar-refractivity contribution >= 4 is 29.2 Å². The topological polar surface area (TPSA) is 26.3 Å². The van der Waals surface area contributed by atoms with E-state index in [4.69, 9.17) is 27.9 Å². The van der Waals surface area contributed by atoms with Gasteiger partial charge in [0.2, 0.25) is 0 Å². The van der Waals surface area contributed by atoms with Crippen molar-refractivity contribution in [3.8, 4) is 0 Å². The Balaban J connectivity index is 2.03. The number of rotatable bonds is 3. The summed E-state index contributed by atoms with van der Waals surface area (Å²) in [5.74, 6) is -0.138. The van der Waals surface area contributed by atoms with Crippen LogP contribution in [0.25, 0.3) is 0 Å². The molecule has 0 N–H and O–H groups in total. The molecule has 0 fully saturated rings. The standard InChI is InChI=1S/C24H32Cl2O2/c1-17-12-13-21(25)20(22(26)14-17)15-18-8-5-6-9-19(11-7-10-18)16-23(27)28-24(2,3)4/h9,13,15H,1,5-8,10-12,14,16H2,2-4H3. The summed E-state index contributed by atoms with van der Waals surface area (Å²) in [7, 11) is 0. The van der Waals surface area contributed by atoms with Crippen LogP contribution in [0.5, 0.6) is 0 Å². The van der Waals surface area contributed by atoms with Crippen LogP contribution >= 0.6 is 23.2 Å². The monoisotopic (exact) mass is 422 g/mol. The zero-order valence-corrected chi connectivity index (χ0v) is 18.9. The number of esters is 1. The maximum absolute atomic E-state index is 12.1. The van der Waals surface area contributed by atoms with E-state index in [-0.39, 0.29) is 5.97 Å². The average molecular weight is 423 g/mol. The summed E-state index contributed by atoms with van der Waals surface area (Å²) in [6.45, 7) is 9.76. The van der Waals surface area contributed by atoms with Gasteiger partial charge in [-0.05, 0) is 65.7 Å². The van der Waals surface area contributed by atoms with Crippen LogP contribution in [-0.4, -0.2) is 11.6 Å². The van der Waals surface area contributed by atoms with Gasteiger partial charge in [-0.3, -0.25) is 4.79 Å². The van der Waals surface area contributed by atoms with E-state index in [0.717, 1.165) is 66.2 Å². The van der Waals surface area contributed by atoms with E-state index < -0.39 is 5.60 Å². The highest BCUT2D eigenvalue weighted by molar-refractivity contribution is 6.36. The van der Waals surface area contributed by atoms with Gasteiger partial charge in [-0.15, -0.1) is 0 Å². The second-order valence-corrected chi connectivity index (χ2v) is 9.54. The fraction of sp³-hybridized carbons (Fsp3) is 0.542. The predicted molar refractivity (Wildman–Crippen MR) is 120 cm³/mol. The van der Waals surface area contributed by atoms with Crippen molar-refractivity contribution in [2.24, 2.45) is 0 Å². The van der Waals surface area contributed by atoms with Crippen LogP contribution < -0.4 is 0 Å². The minimum absolute atomic E-state index is 0.138. The van der Waals surface area contributed by atoms with E-state index >= 15 is 0 Å². The Hall–Kier alpha value is -1.25. The van der Waals surface area contributed by atoms with Crippen molar-refractivity contribution in [2.75, 3.05) is 0 Å². The molecule has 0 aromatic heterocycles. The van der Waals surface area contributed by atoms with Gasteiger partial charge >= 0.3 is 5.97 Å². The molecule has 2 nitrogen and oxygen atoms in total. The maximum Gasteiger partial charge on any atom is 0.310 e. The molecule has 0 amide bonds. The SMILES string of the molecule is C=C1CC=C(Cl)C(C=C2CCCC=C(CC(=O)OC(C)(C)C)CCC2)=C(Cl)C1. The predicted octanol–water partition coefficient (Wildman–Crippen LogP) is 7.89. The molecule has 0 aromatic rings. The van der Waals surface area contributed by atoms with Crippen molar-refractivity contribution in [3.63, 3.8) is 0 Å². The minimum atomic E-state index is -0.435. The molecule has 0 heterocycles. The van der Waals surface area contributed by atoms with Crippen LogP contribution in [-0.2, 0) is 9.53 Å². The molecule has 2 aliphatic rings. The lowest BCUT2D eigenvalue weighted by Gasteiger charge is -2.20. The van der Waals surface area contributed by atoms with Crippen LogP contribution in [0, 0.1) is 0 Å². The van der Waals surface area contributed by atoms with E-state index in [1.807, 2.05) is 26.8 Å². The summed E-state index contributed by atoms with van der Waals surface area (Å²) in [6, 6.07) is 0.